The van der Waals surface area contributed by atoms with Crippen LogP contribution in [0.25, 0.3) is 0 Å². The third kappa shape index (κ3) is 2.38. The van der Waals surface area contributed by atoms with Gasteiger partial charge in [0.2, 0.25) is 0 Å². The predicted octanol–water partition coefficient (Wildman–Crippen LogP) is 2.03. The molecule has 1 heterocycles. The summed E-state index contributed by atoms with van der Waals surface area (Å²) in [4.78, 5) is 2.43. The fourth-order valence-electron chi connectivity index (χ4n) is 3.55. The van der Waals surface area contributed by atoms with E-state index in [-0.39, 0.29) is 6.10 Å². The number of rotatable bonds is 3. The molecule has 0 aromatic heterocycles. The van der Waals surface area contributed by atoms with Crippen LogP contribution in [0.4, 0.5) is 5.69 Å². The normalized spacial score (nSPS) is 29.4. The zero-order chi connectivity index (χ0) is 12.5. The van der Waals surface area contributed by atoms with Crippen molar-refractivity contribution in [3.05, 3.63) is 29.8 Å². The molecule has 3 nitrogen and oxygen atoms in total. The minimum Gasteiger partial charge on any atom is -0.399 e. The molecule has 3 unspecified atom stereocenters. The van der Waals surface area contributed by atoms with Crippen LogP contribution < -0.4 is 5.73 Å². The highest BCUT2D eigenvalue weighted by molar-refractivity contribution is 5.39. The molecule has 1 saturated carbocycles. The smallest absolute Gasteiger partial charge is 0.0916 e. The molecule has 1 aliphatic carbocycles. The first-order chi connectivity index (χ1) is 8.72. The molecule has 0 radical (unpaired) electrons. The largest absolute Gasteiger partial charge is 0.399 e. The zero-order valence-electron chi connectivity index (χ0n) is 10.8. The zero-order valence-corrected chi connectivity index (χ0v) is 10.8. The Balaban J connectivity index is 1.58. The highest BCUT2D eigenvalue weighted by Gasteiger charge is 2.36. The Hall–Kier alpha value is -1.06. The maximum absolute atomic E-state index is 10.3. The van der Waals surface area contributed by atoms with Crippen molar-refractivity contribution in [2.75, 3.05) is 25.4 Å². The van der Waals surface area contributed by atoms with E-state index in [1.165, 1.54) is 32.4 Å². The summed E-state index contributed by atoms with van der Waals surface area (Å²) in [6.45, 7) is 3.12. The van der Waals surface area contributed by atoms with Gasteiger partial charge in [-0.2, -0.15) is 0 Å². The van der Waals surface area contributed by atoms with Gasteiger partial charge in [-0.3, -0.25) is 4.90 Å². The highest BCUT2D eigenvalue weighted by Crippen LogP contribution is 2.38. The summed E-state index contributed by atoms with van der Waals surface area (Å²) in [6, 6.07) is 7.57. The molecular weight excluding hydrogens is 224 g/mol. The van der Waals surface area contributed by atoms with E-state index >= 15 is 0 Å². The molecule has 1 aliphatic heterocycles. The number of β-amino-alcohol motifs (C(OH)–C–C–N with tert-alkyl or cyclic N) is 1. The summed E-state index contributed by atoms with van der Waals surface area (Å²) >= 11 is 0. The maximum Gasteiger partial charge on any atom is 0.0916 e. The molecule has 1 aromatic rings. The Labute approximate surface area is 109 Å². The summed E-state index contributed by atoms with van der Waals surface area (Å²) in [6.07, 6.45) is 3.80. The van der Waals surface area contributed by atoms with E-state index in [0.717, 1.165) is 29.6 Å². The first-order valence-electron chi connectivity index (χ1n) is 6.98. The van der Waals surface area contributed by atoms with Crippen LogP contribution in [0.15, 0.2) is 24.3 Å². The monoisotopic (exact) mass is 246 g/mol. The standard InChI is InChI=1S/C15H22N2O/c16-14-6-4-11(5-7-14)15(18)10-17-8-12-2-1-3-13(12)9-17/h4-7,12-13,15,18H,1-3,8-10,16H2. The number of anilines is 1. The van der Waals surface area contributed by atoms with Gasteiger partial charge in [0.05, 0.1) is 6.10 Å². The summed E-state index contributed by atoms with van der Waals surface area (Å²) in [7, 11) is 0. The average molecular weight is 246 g/mol. The number of nitrogens with two attached hydrogens (primary N) is 1. The summed E-state index contributed by atoms with van der Waals surface area (Å²) in [5.74, 6) is 1.78. The molecular formula is C15H22N2O. The molecule has 2 fully saturated rings. The number of hydrogen-bond acceptors (Lipinski definition) is 3. The molecule has 0 spiro atoms. The number of hydrogen-bond donors (Lipinski definition) is 2. The van der Waals surface area contributed by atoms with Crippen molar-refractivity contribution in [1.82, 2.24) is 4.90 Å². The van der Waals surface area contributed by atoms with Gasteiger partial charge in [0.1, 0.15) is 0 Å². The van der Waals surface area contributed by atoms with E-state index in [1.807, 2.05) is 24.3 Å². The minimum absolute atomic E-state index is 0.385. The third-order valence-corrected chi connectivity index (χ3v) is 4.55. The topological polar surface area (TPSA) is 49.5 Å². The Kier molecular flexibility index (Phi) is 3.27. The van der Waals surface area contributed by atoms with E-state index in [0.29, 0.717) is 0 Å². The molecule has 3 rings (SSSR count). The molecule has 0 bridgehead atoms. The number of nitrogens with zero attached hydrogens (tertiary/aromatic N) is 1. The summed E-state index contributed by atoms with van der Waals surface area (Å²) in [5.41, 5.74) is 7.39. The SMILES string of the molecule is Nc1ccc(C(O)CN2CC3CCCC3C2)cc1. The molecule has 3 heteroatoms. The number of benzene rings is 1. The molecule has 1 saturated heterocycles. The molecule has 0 amide bonds. The Morgan fingerprint density at radius 2 is 1.78 bits per heavy atom. The number of aliphatic hydroxyl groups is 1. The fraction of sp³-hybridized carbons (Fsp3) is 0.600. The van der Waals surface area contributed by atoms with E-state index < -0.39 is 0 Å². The average Bonchev–Trinajstić information content (AvgIpc) is 2.90. The van der Waals surface area contributed by atoms with Crippen molar-refractivity contribution in [2.45, 2.75) is 25.4 Å². The molecule has 3 atom stereocenters. The second-order valence-electron chi connectivity index (χ2n) is 5.85. The van der Waals surface area contributed by atoms with Crippen molar-refractivity contribution < 1.29 is 5.11 Å². The highest BCUT2D eigenvalue weighted by atomic mass is 16.3. The Morgan fingerprint density at radius 1 is 1.17 bits per heavy atom. The first kappa shape index (κ1) is 12.0. The molecule has 1 aromatic carbocycles. The van der Waals surface area contributed by atoms with Gasteiger partial charge in [-0.15, -0.1) is 0 Å². The molecule has 18 heavy (non-hydrogen) atoms. The van der Waals surface area contributed by atoms with Gasteiger partial charge in [-0.1, -0.05) is 18.6 Å². The van der Waals surface area contributed by atoms with Gasteiger partial charge in [0.25, 0.3) is 0 Å². The van der Waals surface area contributed by atoms with Crippen molar-refractivity contribution in [2.24, 2.45) is 11.8 Å². The fourth-order valence-corrected chi connectivity index (χ4v) is 3.55. The summed E-state index contributed by atoms with van der Waals surface area (Å²) < 4.78 is 0. The van der Waals surface area contributed by atoms with Gasteiger partial charge >= 0.3 is 0 Å². The Bertz CT molecular complexity index is 391. The van der Waals surface area contributed by atoms with Crippen LogP contribution in [0.2, 0.25) is 0 Å². The van der Waals surface area contributed by atoms with Crippen LogP contribution in [-0.2, 0) is 0 Å². The van der Waals surface area contributed by atoms with Crippen LogP contribution in [0.5, 0.6) is 0 Å². The Morgan fingerprint density at radius 3 is 2.39 bits per heavy atom. The lowest BCUT2D eigenvalue weighted by atomic mass is 10.0. The van der Waals surface area contributed by atoms with Crippen molar-refractivity contribution in [1.29, 1.82) is 0 Å². The number of likely N-dealkylation sites (tertiary alicyclic amines) is 1. The molecule has 2 aliphatic rings. The quantitative estimate of drug-likeness (QED) is 0.802. The van der Waals surface area contributed by atoms with Gasteiger partial charge in [0.15, 0.2) is 0 Å². The second-order valence-corrected chi connectivity index (χ2v) is 5.85. The van der Waals surface area contributed by atoms with E-state index in [1.54, 1.807) is 0 Å². The lowest BCUT2D eigenvalue weighted by Crippen LogP contribution is -2.27. The maximum atomic E-state index is 10.3. The van der Waals surface area contributed by atoms with Crippen molar-refractivity contribution in [3.63, 3.8) is 0 Å². The third-order valence-electron chi connectivity index (χ3n) is 4.55. The molecule has 3 N–H and O–H groups in total. The van der Waals surface area contributed by atoms with E-state index in [9.17, 15) is 5.11 Å². The minimum atomic E-state index is -0.385. The lowest BCUT2D eigenvalue weighted by Gasteiger charge is -2.21. The number of aliphatic hydroxyl groups excluding tert-OH is 1. The van der Waals surface area contributed by atoms with Crippen molar-refractivity contribution in [3.8, 4) is 0 Å². The number of nitrogen functional groups attached to an aromatic ring is 1. The second kappa shape index (κ2) is 4.90. The predicted molar refractivity (Wildman–Crippen MR) is 73.1 cm³/mol. The first-order valence-corrected chi connectivity index (χ1v) is 6.98. The van der Waals surface area contributed by atoms with Crippen LogP contribution in [0.3, 0.4) is 0 Å². The molecule has 98 valence electrons. The van der Waals surface area contributed by atoms with Gasteiger partial charge in [-0.05, 0) is 42.4 Å². The van der Waals surface area contributed by atoms with Crippen LogP contribution in [0, 0.1) is 11.8 Å². The van der Waals surface area contributed by atoms with Gasteiger partial charge in [0, 0.05) is 25.3 Å². The number of fused-ring (bicyclic) bond motifs is 1. The lowest BCUT2D eigenvalue weighted by molar-refractivity contribution is 0.122. The summed E-state index contributed by atoms with van der Waals surface area (Å²) in [5, 5.41) is 10.3. The van der Waals surface area contributed by atoms with Gasteiger partial charge in [-0.25, -0.2) is 0 Å². The van der Waals surface area contributed by atoms with Gasteiger partial charge < -0.3 is 10.8 Å². The van der Waals surface area contributed by atoms with E-state index in [2.05, 4.69) is 4.90 Å². The van der Waals surface area contributed by atoms with E-state index in [4.69, 9.17) is 5.73 Å². The van der Waals surface area contributed by atoms with Crippen LogP contribution in [0.1, 0.15) is 30.9 Å². The van der Waals surface area contributed by atoms with Crippen LogP contribution in [-0.4, -0.2) is 29.6 Å². The van der Waals surface area contributed by atoms with Crippen LogP contribution >= 0.6 is 0 Å². The van der Waals surface area contributed by atoms with Crippen molar-refractivity contribution >= 4 is 5.69 Å².